The molecule has 2 aliphatic carbocycles. The van der Waals surface area contributed by atoms with Crippen molar-refractivity contribution in [2.75, 3.05) is 0 Å². The van der Waals surface area contributed by atoms with Crippen LogP contribution >= 0.6 is 0 Å². The zero-order valence-electron chi connectivity index (χ0n) is 9.09. The Morgan fingerprint density at radius 3 is 2.40 bits per heavy atom. The van der Waals surface area contributed by atoms with Crippen LogP contribution in [0, 0.1) is 5.41 Å². The molecule has 0 saturated heterocycles. The number of hydrogen-bond acceptors (Lipinski definition) is 2. The van der Waals surface area contributed by atoms with E-state index in [0.717, 1.165) is 6.42 Å². The Morgan fingerprint density at radius 1 is 1.20 bits per heavy atom. The van der Waals surface area contributed by atoms with Crippen LogP contribution in [-0.4, -0.2) is 11.7 Å². The maximum Gasteiger partial charge on any atom is 0.332 e. The van der Waals surface area contributed by atoms with Crippen LogP contribution in [-0.2, 0) is 0 Å². The molecule has 0 bridgehead atoms. The topological polar surface area (TPSA) is 67.5 Å². The van der Waals surface area contributed by atoms with Crippen LogP contribution in [0.2, 0.25) is 0 Å². The predicted octanol–water partition coefficient (Wildman–Crippen LogP) is 2.15. The quantitative estimate of drug-likeness (QED) is 0.638. The highest BCUT2D eigenvalue weighted by atomic mass is 16.2. The van der Waals surface area contributed by atoms with E-state index in [2.05, 4.69) is 10.5 Å². The molecule has 0 aromatic heterocycles. The van der Waals surface area contributed by atoms with Gasteiger partial charge in [-0.2, -0.15) is 5.10 Å². The molecule has 4 heteroatoms. The zero-order valence-corrected chi connectivity index (χ0v) is 9.09. The van der Waals surface area contributed by atoms with Crippen molar-refractivity contribution < 1.29 is 4.79 Å². The Morgan fingerprint density at radius 2 is 1.80 bits per heavy atom. The standard InChI is InChI=1S/C11H19N3O/c12-10(15)14-13-9-5-1-2-6-11(9)7-3-4-8-11/h1-8H2,(H3,12,14,15)/b13-9-. The van der Waals surface area contributed by atoms with E-state index in [4.69, 9.17) is 5.73 Å². The second kappa shape index (κ2) is 4.21. The van der Waals surface area contributed by atoms with Crippen molar-refractivity contribution in [1.82, 2.24) is 5.43 Å². The first-order chi connectivity index (χ1) is 7.23. The predicted molar refractivity (Wildman–Crippen MR) is 59.5 cm³/mol. The number of carbonyl (C=O) groups is 1. The number of nitrogens with zero attached hydrogens (tertiary/aromatic N) is 1. The first-order valence-corrected chi connectivity index (χ1v) is 5.85. The number of nitrogens with one attached hydrogen (secondary N) is 1. The van der Waals surface area contributed by atoms with Gasteiger partial charge in [-0.25, -0.2) is 10.2 Å². The molecule has 0 heterocycles. The molecule has 4 nitrogen and oxygen atoms in total. The molecule has 3 N–H and O–H groups in total. The van der Waals surface area contributed by atoms with E-state index in [1.165, 1.54) is 50.7 Å². The van der Waals surface area contributed by atoms with Crippen molar-refractivity contribution in [3.63, 3.8) is 0 Å². The molecule has 2 saturated carbocycles. The number of amides is 2. The molecule has 0 aromatic carbocycles. The molecule has 2 fully saturated rings. The molecule has 15 heavy (non-hydrogen) atoms. The highest BCUT2D eigenvalue weighted by molar-refractivity contribution is 5.91. The molecule has 84 valence electrons. The van der Waals surface area contributed by atoms with E-state index >= 15 is 0 Å². The maximum absolute atomic E-state index is 10.6. The summed E-state index contributed by atoms with van der Waals surface area (Å²) in [4.78, 5) is 10.6. The van der Waals surface area contributed by atoms with E-state index < -0.39 is 6.03 Å². The molecule has 0 aliphatic heterocycles. The first-order valence-electron chi connectivity index (χ1n) is 5.85. The van der Waals surface area contributed by atoms with Gasteiger partial charge in [0.25, 0.3) is 0 Å². The minimum Gasteiger partial charge on any atom is -0.350 e. The van der Waals surface area contributed by atoms with Crippen molar-refractivity contribution in [1.29, 1.82) is 0 Å². The second-order valence-corrected chi connectivity index (χ2v) is 4.73. The molecule has 0 unspecified atom stereocenters. The Kier molecular flexibility index (Phi) is 2.93. The van der Waals surface area contributed by atoms with Gasteiger partial charge < -0.3 is 5.73 Å². The number of rotatable bonds is 1. The Hall–Kier alpha value is -1.06. The molecule has 1 spiro atoms. The number of carbonyl (C=O) groups excluding carboxylic acids is 1. The van der Waals surface area contributed by atoms with Crippen LogP contribution in [0.25, 0.3) is 0 Å². The van der Waals surface area contributed by atoms with Gasteiger partial charge in [0.15, 0.2) is 0 Å². The fourth-order valence-corrected chi connectivity index (χ4v) is 3.05. The van der Waals surface area contributed by atoms with Gasteiger partial charge in [0, 0.05) is 11.1 Å². The maximum atomic E-state index is 10.6. The molecule has 0 radical (unpaired) electrons. The SMILES string of the molecule is NC(=O)N/N=C1/CCCCC12CCCC2. The lowest BCUT2D eigenvalue weighted by atomic mass is 9.71. The van der Waals surface area contributed by atoms with E-state index in [1.807, 2.05) is 0 Å². The fourth-order valence-electron chi connectivity index (χ4n) is 3.05. The molecular weight excluding hydrogens is 190 g/mol. The second-order valence-electron chi connectivity index (χ2n) is 4.73. The normalized spacial score (nSPS) is 27.1. The summed E-state index contributed by atoms with van der Waals surface area (Å²) >= 11 is 0. The number of nitrogens with two attached hydrogens (primary N) is 1. The largest absolute Gasteiger partial charge is 0.350 e. The summed E-state index contributed by atoms with van der Waals surface area (Å²) < 4.78 is 0. The van der Waals surface area contributed by atoms with Gasteiger partial charge in [0.2, 0.25) is 0 Å². The third kappa shape index (κ3) is 2.13. The Balaban J connectivity index is 2.12. The van der Waals surface area contributed by atoms with Gasteiger partial charge in [0.05, 0.1) is 0 Å². The lowest BCUT2D eigenvalue weighted by Gasteiger charge is -2.34. The highest BCUT2D eigenvalue weighted by Crippen LogP contribution is 2.47. The number of hydrogen-bond donors (Lipinski definition) is 2. The lowest BCUT2D eigenvalue weighted by molar-refractivity contribution is 0.249. The summed E-state index contributed by atoms with van der Waals surface area (Å²) in [5.74, 6) is 0. The summed E-state index contributed by atoms with van der Waals surface area (Å²) in [5.41, 5.74) is 8.92. The van der Waals surface area contributed by atoms with Crippen LogP contribution < -0.4 is 11.2 Å². The third-order valence-electron chi connectivity index (χ3n) is 3.79. The van der Waals surface area contributed by atoms with Crippen molar-refractivity contribution in [2.24, 2.45) is 16.3 Å². The van der Waals surface area contributed by atoms with Gasteiger partial charge in [-0.15, -0.1) is 0 Å². The van der Waals surface area contributed by atoms with Crippen molar-refractivity contribution in [3.05, 3.63) is 0 Å². The zero-order chi connectivity index (χ0) is 10.7. The summed E-state index contributed by atoms with van der Waals surface area (Å²) in [6.45, 7) is 0. The smallest absolute Gasteiger partial charge is 0.332 e. The summed E-state index contributed by atoms with van der Waals surface area (Å²) in [6, 6.07) is -0.554. The summed E-state index contributed by atoms with van der Waals surface area (Å²) in [6.07, 6.45) is 9.85. The van der Waals surface area contributed by atoms with Gasteiger partial charge >= 0.3 is 6.03 Å². The van der Waals surface area contributed by atoms with Gasteiger partial charge in [-0.3, -0.25) is 0 Å². The average molecular weight is 209 g/mol. The van der Waals surface area contributed by atoms with Crippen molar-refractivity contribution >= 4 is 11.7 Å². The fraction of sp³-hybridized carbons (Fsp3) is 0.818. The minimum atomic E-state index is -0.554. The van der Waals surface area contributed by atoms with Crippen molar-refractivity contribution in [2.45, 2.75) is 51.4 Å². The van der Waals surface area contributed by atoms with Gasteiger partial charge in [-0.1, -0.05) is 19.3 Å². The van der Waals surface area contributed by atoms with Gasteiger partial charge in [0.1, 0.15) is 0 Å². The minimum absolute atomic E-state index is 0.306. The van der Waals surface area contributed by atoms with Crippen LogP contribution in [0.5, 0.6) is 0 Å². The number of primary amides is 1. The molecule has 0 atom stereocenters. The number of hydrazone groups is 1. The Bertz CT molecular complexity index is 280. The first kappa shape index (κ1) is 10.5. The van der Waals surface area contributed by atoms with Crippen molar-refractivity contribution in [3.8, 4) is 0 Å². The molecule has 0 aromatic rings. The summed E-state index contributed by atoms with van der Waals surface area (Å²) in [7, 11) is 0. The third-order valence-corrected chi connectivity index (χ3v) is 3.79. The van der Waals surface area contributed by atoms with Crippen LogP contribution in [0.1, 0.15) is 51.4 Å². The monoisotopic (exact) mass is 209 g/mol. The van der Waals surface area contributed by atoms with E-state index in [1.54, 1.807) is 0 Å². The molecule has 2 rings (SSSR count). The average Bonchev–Trinajstić information content (AvgIpc) is 2.66. The summed E-state index contributed by atoms with van der Waals surface area (Å²) in [5, 5.41) is 4.21. The van der Waals surface area contributed by atoms with E-state index in [9.17, 15) is 4.79 Å². The number of urea groups is 1. The molecule has 2 amide bonds. The van der Waals surface area contributed by atoms with Crippen LogP contribution in [0.15, 0.2) is 5.10 Å². The molecule has 2 aliphatic rings. The highest BCUT2D eigenvalue weighted by Gasteiger charge is 2.40. The van der Waals surface area contributed by atoms with Crippen LogP contribution in [0.3, 0.4) is 0 Å². The lowest BCUT2D eigenvalue weighted by Crippen LogP contribution is -2.35. The Labute approximate surface area is 90.3 Å². The van der Waals surface area contributed by atoms with Gasteiger partial charge in [-0.05, 0) is 32.1 Å². The van der Waals surface area contributed by atoms with E-state index in [-0.39, 0.29) is 0 Å². The molecular formula is C11H19N3O. The van der Waals surface area contributed by atoms with E-state index in [0.29, 0.717) is 5.41 Å². The van der Waals surface area contributed by atoms with Crippen LogP contribution in [0.4, 0.5) is 4.79 Å².